The lowest BCUT2D eigenvalue weighted by molar-refractivity contribution is -0.118. The molecule has 6 heteroatoms. The zero-order valence-corrected chi connectivity index (χ0v) is 18.2. The monoisotopic (exact) mass is 430 g/mol. The Bertz CT molecular complexity index is 1270. The summed E-state index contributed by atoms with van der Waals surface area (Å²) in [5.41, 5.74) is 5.24. The van der Waals surface area contributed by atoms with E-state index in [1.807, 2.05) is 48.5 Å². The minimum atomic E-state index is -0.00357. The van der Waals surface area contributed by atoms with Gasteiger partial charge in [-0.3, -0.25) is 9.69 Å². The lowest BCUT2D eigenvalue weighted by atomic mass is 10.1. The van der Waals surface area contributed by atoms with E-state index in [9.17, 15) is 4.79 Å². The Hall–Kier alpha value is -3.38. The Morgan fingerprint density at radius 2 is 1.81 bits per heavy atom. The highest BCUT2D eigenvalue weighted by atomic mass is 32.1. The zero-order valence-electron chi connectivity index (χ0n) is 17.4. The second kappa shape index (κ2) is 8.04. The van der Waals surface area contributed by atoms with E-state index < -0.39 is 0 Å². The van der Waals surface area contributed by atoms with Crippen molar-refractivity contribution in [2.24, 2.45) is 0 Å². The minimum absolute atomic E-state index is 0.00357. The lowest BCUT2D eigenvalue weighted by Crippen LogP contribution is -2.31. The maximum Gasteiger partial charge on any atom is 0.233 e. The Labute approximate surface area is 184 Å². The van der Waals surface area contributed by atoms with Crippen LogP contribution in [0.1, 0.15) is 22.3 Å². The van der Waals surface area contributed by atoms with Gasteiger partial charge < -0.3 is 9.47 Å². The summed E-state index contributed by atoms with van der Waals surface area (Å²) in [6, 6.07) is 19.9. The number of anilines is 1. The van der Waals surface area contributed by atoms with Gasteiger partial charge in [0, 0.05) is 0 Å². The van der Waals surface area contributed by atoms with Crippen LogP contribution in [0.25, 0.3) is 10.2 Å². The largest absolute Gasteiger partial charge is 0.454 e. The van der Waals surface area contributed by atoms with Crippen molar-refractivity contribution < 1.29 is 14.3 Å². The number of amides is 1. The molecule has 0 bridgehead atoms. The zero-order chi connectivity index (χ0) is 21.4. The Morgan fingerprint density at radius 3 is 2.65 bits per heavy atom. The molecule has 0 saturated carbocycles. The fourth-order valence-electron chi connectivity index (χ4n) is 3.83. The van der Waals surface area contributed by atoms with Gasteiger partial charge in [0.25, 0.3) is 0 Å². The van der Waals surface area contributed by atoms with Gasteiger partial charge in [0.15, 0.2) is 16.6 Å². The third kappa shape index (κ3) is 3.99. The number of thiazole rings is 1. The van der Waals surface area contributed by atoms with Crippen LogP contribution in [-0.4, -0.2) is 17.7 Å². The fraction of sp³-hybridized carbons (Fsp3) is 0.200. The molecule has 0 aliphatic carbocycles. The van der Waals surface area contributed by atoms with Crippen LogP contribution in [0.15, 0.2) is 60.7 Å². The molecule has 5 rings (SSSR count). The third-order valence-corrected chi connectivity index (χ3v) is 6.55. The SMILES string of the molecule is Cc1cc(C)c2sc(N(Cc3ccccc3)C(=O)Cc3ccc4c(c3)OCO4)nc2c1. The van der Waals surface area contributed by atoms with Gasteiger partial charge in [0.2, 0.25) is 12.7 Å². The summed E-state index contributed by atoms with van der Waals surface area (Å²) in [4.78, 5) is 20.1. The molecule has 2 heterocycles. The highest BCUT2D eigenvalue weighted by Gasteiger charge is 2.22. The summed E-state index contributed by atoms with van der Waals surface area (Å²) in [5.74, 6) is 1.40. The van der Waals surface area contributed by atoms with Crippen molar-refractivity contribution in [3.8, 4) is 11.5 Å². The highest BCUT2D eigenvalue weighted by molar-refractivity contribution is 7.22. The second-order valence-corrected chi connectivity index (χ2v) is 8.73. The topological polar surface area (TPSA) is 51.7 Å². The summed E-state index contributed by atoms with van der Waals surface area (Å²) in [5, 5.41) is 0.721. The molecular weight excluding hydrogens is 408 g/mol. The van der Waals surface area contributed by atoms with Gasteiger partial charge >= 0.3 is 0 Å². The molecule has 4 aromatic rings. The smallest absolute Gasteiger partial charge is 0.233 e. The molecule has 5 nitrogen and oxygen atoms in total. The van der Waals surface area contributed by atoms with Crippen LogP contribution in [0.5, 0.6) is 11.5 Å². The molecule has 0 spiro atoms. The number of carbonyl (C=O) groups is 1. The van der Waals surface area contributed by atoms with E-state index in [-0.39, 0.29) is 19.1 Å². The number of carbonyl (C=O) groups excluding carboxylic acids is 1. The molecule has 0 fully saturated rings. The average Bonchev–Trinajstić information content (AvgIpc) is 3.39. The number of ether oxygens (including phenoxy) is 2. The van der Waals surface area contributed by atoms with E-state index in [4.69, 9.17) is 14.5 Å². The van der Waals surface area contributed by atoms with Gasteiger partial charge in [-0.15, -0.1) is 0 Å². The van der Waals surface area contributed by atoms with Crippen molar-refractivity contribution >= 4 is 32.6 Å². The van der Waals surface area contributed by atoms with E-state index in [2.05, 4.69) is 26.0 Å². The quantitative estimate of drug-likeness (QED) is 0.424. The summed E-state index contributed by atoms with van der Waals surface area (Å²) in [6.07, 6.45) is 0.261. The Kier molecular flexibility index (Phi) is 5.08. The standard InChI is InChI=1S/C25H22N2O3S/c1-16-10-17(2)24-20(11-16)26-25(31-24)27(14-18-6-4-3-5-7-18)23(28)13-19-8-9-21-22(12-19)30-15-29-21/h3-12H,13-15H2,1-2H3. The van der Waals surface area contributed by atoms with Crippen LogP contribution >= 0.6 is 11.3 Å². The van der Waals surface area contributed by atoms with E-state index in [1.54, 1.807) is 16.2 Å². The molecule has 0 N–H and O–H groups in total. The predicted molar refractivity (Wildman–Crippen MR) is 123 cm³/mol. The number of aromatic nitrogens is 1. The van der Waals surface area contributed by atoms with Crippen LogP contribution in [-0.2, 0) is 17.8 Å². The molecule has 3 aromatic carbocycles. The third-order valence-electron chi connectivity index (χ3n) is 5.32. The second-order valence-electron chi connectivity index (χ2n) is 7.76. The summed E-state index contributed by atoms with van der Waals surface area (Å²) in [6.45, 7) is 4.85. The van der Waals surface area contributed by atoms with Crippen LogP contribution in [0, 0.1) is 13.8 Å². The van der Waals surface area contributed by atoms with Gasteiger partial charge in [0.1, 0.15) is 0 Å². The molecule has 31 heavy (non-hydrogen) atoms. The first kappa shape index (κ1) is 19.6. The van der Waals surface area contributed by atoms with Crippen molar-refractivity contribution in [2.75, 3.05) is 11.7 Å². The molecule has 1 aliphatic rings. The Morgan fingerprint density at radius 1 is 1.00 bits per heavy atom. The molecule has 0 atom stereocenters. The maximum atomic E-state index is 13.5. The van der Waals surface area contributed by atoms with Crippen molar-refractivity contribution in [2.45, 2.75) is 26.8 Å². The highest BCUT2D eigenvalue weighted by Crippen LogP contribution is 2.35. The normalized spacial score (nSPS) is 12.3. The fourth-order valence-corrected chi connectivity index (χ4v) is 4.86. The number of nitrogens with zero attached hydrogens (tertiary/aromatic N) is 2. The molecule has 0 saturated heterocycles. The van der Waals surface area contributed by atoms with Crippen molar-refractivity contribution in [1.82, 2.24) is 4.98 Å². The number of hydrogen-bond donors (Lipinski definition) is 0. The molecule has 0 radical (unpaired) electrons. The van der Waals surface area contributed by atoms with Crippen molar-refractivity contribution in [3.05, 3.63) is 82.9 Å². The van der Waals surface area contributed by atoms with E-state index in [0.29, 0.717) is 18.0 Å². The number of hydrogen-bond acceptors (Lipinski definition) is 5. The van der Waals surface area contributed by atoms with E-state index >= 15 is 0 Å². The predicted octanol–water partition coefficient (Wildman–Crippen LogP) is 5.42. The molecule has 1 amide bonds. The number of benzene rings is 3. The molecule has 156 valence electrons. The van der Waals surface area contributed by atoms with Gasteiger partial charge in [-0.1, -0.05) is 53.8 Å². The summed E-state index contributed by atoms with van der Waals surface area (Å²) < 4.78 is 12.0. The van der Waals surface area contributed by atoms with E-state index in [0.717, 1.165) is 26.5 Å². The molecule has 0 unspecified atom stereocenters. The first-order valence-corrected chi connectivity index (χ1v) is 11.0. The number of rotatable bonds is 5. The maximum absolute atomic E-state index is 13.5. The summed E-state index contributed by atoms with van der Waals surface area (Å²) >= 11 is 1.57. The van der Waals surface area contributed by atoms with Crippen LogP contribution < -0.4 is 14.4 Å². The average molecular weight is 431 g/mol. The minimum Gasteiger partial charge on any atom is -0.454 e. The van der Waals surface area contributed by atoms with Crippen molar-refractivity contribution in [1.29, 1.82) is 0 Å². The first-order chi connectivity index (χ1) is 15.1. The molecule has 1 aromatic heterocycles. The number of aryl methyl sites for hydroxylation is 2. The summed E-state index contributed by atoms with van der Waals surface area (Å²) in [7, 11) is 0. The van der Waals surface area contributed by atoms with E-state index in [1.165, 1.54) is 11.1 Å². The molecular formula is C25H22N2O3S. The van der Waals surface area contributed by atoms with Crippen LogP contribution in [0.2, 0.25) is 0 Å². The lowest BCUT2D eigenvalue weighted by Gasteiger charge is -2.20. The van der Waals surface area contributed by atoms with Gasteiger partial charge in [0.05, 0.1) is 23.2 Å². The van der Waals surface area contributed by atoms with Crippen LogP contribution in [0.3, 0.4) is 0 Å². The number of fused-ring (bicyclic) bond motifs is 2. The van der Waals surface area contributed by atoms with Crippen molar-refractivity contribution in [3.63, 3.8) is 0 Å². The first-order valence-electron chi connectivity index (χ1n) is 10.2. The van der Waals surface area contributed by atoms with Gasteiger partial charge in [-0.25, -0.2) is 4.98 Å². The molecule has 1 aliphatic heterocycles. The van der Waals surface area contributed by atoms with Gasteiger partial charge in [-0.2, -0.15) is 0 Å². The van der Waals surface area contributed by atoms with Gasteiger partial charge in [-0.05, 0) is 54.3 Å². The Balaban J connectivity index is 1.49. The van der Waals surface area contributed by atoms with Crippen LogP contribution in [0.4, 0.5) is 5.13 Å².